The topological polar surface area (TPSA) is 62.7 Å². The van der Waals surface area contributed by atoms with Gasteiger partial charge in [-0.2, -0.15) is 0 Å². The van der Waals surface area contributed by atoms with Gasteiger partial charge in [0.15, 0.2) is 12.6 Å². The van der Waals surface area contributed by atoms with Crippen LogP contribution in [-0.4, -0.2) is 35.8 Å². The van der Waals surface area contributed by atoms with Crippen molar-refractivity contribution in [1.82, 2.24) is 9.97 Å². The first-order valence-corrected chi connectivity index (χ1v) is 46.6. The van der Waals surface area contributed by atoms with Gasteiger partial charge in [-0.1, -0.05) is 389 Å². The molecule has 2 atom stereocenters. The minimum absolute atomic E-state index is 0. The van der Waals surface area contributed by atoms with Crippen LogP contribution in [0.1, 0.15) is 320 Å². The van der Waals surface area contributed by atoms with Crippen molar-refractivity contribution in [3.63, 3.8) is 0 Å². The number of fused-ring (bicyclic) bond motifs is 6. The molecule has 2 aliphatic carbocycles. The fourth-order valence-corrected chi connectivity index (χ4v) is 19.2. The number of ether oxygens (including phenoxy) is 4. The summed E-state index contributed by atoms with van der Waals surface area (Å²) in [6.07, 6.45) is 57.7. The number of benzene rings is 8. The predicted molar refractivity (Wildman–Crippen MR) is 489 cm³/mol. The second kappa shape index (κ2) is 47.3. The molecule has 0 radical (unpaired) electrons. The molecule has 4 aliphatic rings. The first-order valence-electron chi connectivity index (χ1n) is 46.6. The molecule has 0 bridgehead atoms. The van der Waals surface area contributed by atoms with Crippen molar-refractivity contribution in [2.24, 2.45) is 0 Å². The summed E-state index contributed by atoms with van der Waals surface area (Å²) in [6.45, 7) is 10.8. The molecular formula is C110H136N2O4Pt. The zero-order chi connectivity index (χ0) is 79.7. The number of nitrogens with zero attached hydrogens (tertiary/aromatic N) is 2. The number of unbranched alkanes of at least 4 members (excludes halogenated alkanes) is 28. The third-order valence-corrected chi connectivity index (χ3v) is 25.9. The molecule has 0 amide bonds. The maximum atomic E-state index is 6.11. The van der Waals surface area contributed by atoms with Crippen LogP contribution in [0.25, 0.3) is 89.3 Å². The predicted octanol–water partition coefficient (Wildman–Crippen LogP) is 32.2. The minimum atomic E-state index is -0.126. The number of aromatic nitrogens is 2. The SMILES string of the molecule is CCCCCCCCCCC1(CCCCCCCCCC)c2cc(-c3ccccn3)[c-]cc2-c2ccc(-c3ccc(-c4ccc(OC5CCCCO5)cc4)cc3)cc21.CCCCCCCCCCC1(CCCCCCCCCC)c2cc(-c3ccccn3)[c-]cc2-c2ccc(-c3ccc(-c4ccc(OC5CCCCO5)cc4)cc3)cc21.[Pt+2]. The zero-order valence-electron chi connectivity index (χ0n) is 71.7. The van der Waals surface area contributed by atoms with E-state index in [1.165, 1.54) is 320 Å². The third kappa shape index (κ3) is 24.3. The summed E-state index contributed by atoms with van der Waals surface area (Å²) < 4.78 is 23.8. The number of rotatable bonds is 46. The van der Waals surface area contributed by atoms with E-state index in [0.717, 1.165) is 85.8 Å². The average Bonchev–Trinajstić information content (AvgIpc) is 1.57. The molecular weight excluding hydrogens is 1610 g/mol. The molecule has 10 aromatic rings. The van der Waals surface area contributed by atoms with E-state index in [9.17, 15) is 0 Å². The Kier molecular flexibility index (Phi) is 35.8. The average molecular weight is 1750 g/mol. The van der Waals surface area contributed by atoms with Gasteiger partial charge >= 0.3 is 21.1 Å². The maximum Gasteiger partial charge on any atom is 2.00 e. The van der Waals surface area contributed by atoms with Crippen LogP contribution in [0.3, 0.4) is 0 Å². The first kappa shape index (κ1) is 88.6. The summed E-state index contributed by atoms with van der Waals surface area (Å²) in [7, 11) is 0. The van der Waals surface area contributed by atoms with Gasteiger partial charge in [0.2, 0.25) is 0 Å². The van der Waals surface area contributed by atoms with Crippen LogP contribution in [0.15, 0.2) is 207 Å². The summed E-state index contributed by atoms with van der Waals surface area (Å²) in [5.74, 6) is 1.75. The Labute approximate surface area is 720 Å². The Morgan fingerprint density at radius 2 is 0.590 bits per heavy atom. The van der Waals surface area contributed by atoms with Gasteiger partial charge < -0.3 is 28.9 Å². The standard InChI is InChI=1S/2C55H68NO2.Pt/c2*1-3-5-7-9-11-13-15-19-37-55(38-20-16-14-12-10-8-6-4-2)51-41-46(31-35-49(51)50-36-32-47(42-52(50)55)53-23-17-21-39-56-53)45-27-25-43(26-28-45)44-29-33-48(34-30-44)58-54-24-18-22-40-57-54;/h2*17,21,23,25-31,33-36,39,41-42,54H,3-16,18-20,22,24,37-38,40H2,1-2H3;/q2*-1;+2. The van der Waals surface area contributed by atoms with E-state index in [1.807, 2.05) is 24.5 Å². The number of hydrogen-bond acceptors (Lipinski definition) is 6. The van der Waals surface area contributed by atoms with E-state index in [4.69, 9.17) is 28.9 Å². The molecule has 0 saturated carbocycles. The van der Waals surface area contributed by atoms with Crippen molar-refractivity contribution >= 4 is 0 Å². The fraction of sp³-hybridized carbons (Fsp3) is 0.473. The molecule has 2 aromatic heterocycles. The Morgan fingerprint density at radius 1 is 0.308 bits per heavy atom. The second-order valence-corrected chi connectivity index (χ2v) is 34.4. The van der Waals surface area contributed by atoms with Crippen molar-refractivity contribution in [2.45, 2.75) is 321 Å². The van der Waals surface area contributed by atoms with E-state index in [2.05, 4.69) is 222 Å². The van der Waals surface area contributed by atoms with E-state index in [0.29, 0.717) is 0 Å². The zero-order valence-corrected chi connectivity index (χ0v) is 74.0. The van der Waals surface area contributed by atoms with Gasteiger partial charge in [0.1, 0.15) is 11.5 Å². The van der Waals surface area contributed by atoms with E-state index < -0.39 is 0 Å². The van der Waals surface area contributed by atoms with Crippen LogP contribution >= 0.6 is 0 Å². The molecule has 7 heteroatoms. The second-order valence-electron chi connectivity index (χ2n) is 34.4. The molecule has 0 spiro atoms. The van der Waals surface area contributed by atoms with Crippen molar-refractivity contribution in [1.29, 1.82) is 0 Å². The Bertz CT molecular complexity index is 4170. The molecule has 2 saturated heterocycles. The largest absolute Gasteiger partial charge is 2.00 e. The van der Waals surface area contributed by atoms with Crippen LogP contribution in [0.5, 0.6) is 11.5 Å². The molecule has 0 N–H and O–H groups in total. The molecule has 4 heterocycles. The van der Waals surface area contributed by atoms with Crippen LogP contribution in [0, 0.1) is 12.1 Å². The van der Waals surface area contributed by atoms with E-state index in [-0.39, 0.29) is 44.5 Å². The maximum absolute atomic E-state index is 6.11. The monoisotopic (exact) mass is 1740 g/mol. The summed E-state index contributed by atoms with van der Waals surface area (Å²) in [5.41, 5.74) is 25.8. The van der Waals surface area contributed by atoms with Crippen LogP contribution in [0.4, 0.5) is 0 Å². The van der Waals surface area contributed by atoms with Gasteiger partial charge in [-0.05, 0) is 155 Å². The summed E-state index contributed by atoms with van der Waals surface area (Å²) >= 11 is 0. The molecule has 2 aliphatic heterocycles. The van der Waals surface area contributed by atoms with Gasteiger partial charge in [0.25, 0.3) is 0 Å². The molecule has 2 fully saturated rings. The van der Waals surface area contributed by atoms with Crippen LogP contribution in [-0.2, 0) is 41.4 Å². The van der Waals surface area contributed by atoms with Crippen molar-refractivity contribution in [2.75, 3.05) is 13.2 Å². The van der Waals surface area contributed by atoms with Crippen LogP contribution < -0.4 is 9.47 Å². The Morgan fingerprint density at radius 3 is 0.880 bits per heavy atom. The molecule has 6 nitrogen and oxygen atoms in total. The third-order valence-electron chi connectivity index (χ3n) is 25.9. The number of pyridine rings is 2. The smallest absolute Gasteiger partial charge is 0.465 e. The molecule has 14 rings (SSSR count). The van der Waals surface area contributed by atoms with Crippen LogP contribution in [0.2, 0.25) is 0 Å². The van der Waals surface area contributed by atoms with Gasteiger partial charge in [-0.25, -0.2) is 0 Å². The fourth-order valence-electron chi connectivity index (χ4n) is 19.2. The van der Waals surface area contributed by atoms with Gasteiger partial charge in [0, 0.05) is 36.1 Å². The minimum Gasteiger partial charge on any atom is -0.465 e. The van der Waals surface area contributed by atoms with E-state index in [1.54, 1.807) is 0 Å². The van der Waals surface area contributed by atoms with Crippen molar-refractivity contribution in [3.8, 4) is 101 Å². The first-order chi connectivity index (χ1) is 57.4. The van der Waals surface area contributed by atoms with Crippen molar-refractivity contribution in [3.05, 3.63) is 241 Å². The normalized spacial score (nSPS) is 15.5. The van der Waals surface area contributed by atoms with Gasteiger partial charge in [0.05, 0.1) is 13.2 Å². The molecule has 117 heavy (non-hydrogen) atoms. The summed E-state index contributed by atoms with van der Waals surface area (Å²) in [4.78, 5) is 9.55. The quantitative estimate of drug-likeness (QED) is 0.0280. The Balaban J connectivity index is 0.000000214. The molecule has 620 valence electrons. The summed E-state index contributed by atoms with van der Waals surface area (Å²) in [6, 6.07) is 79.4. The Hall–Kier alpha value is -7.73. The van der Waals surface area contributed by atoms with Gasteiger partial charge in [-0.15, -0.1) is 58.7 Å². The molecule has 8 aromatic carbocycles. The summed E-state index contributed by atoms with van der Waals surface area (Å²) in [5, 5.41) is 0. The van der Waals surface area contributed by atoms with E-state index >= 15 is 0 Å². The van der Waals surface area contributed by atoms with Gasteiger partial charge in [-0.3, -0.25) is 0 Å². The molecule has 2 unspecified atom stereocenters. The number of hydrogen-bond donors (Lipinski definition) is 0. The van der Waals surface area contributed by atoms with Crippen molar-refractivity contribution < 1.29 is 40.0 Å².